The molecule has 108 valence electrons. The molecule has 1 saturated carbocycles. The molecule has 20 heavy (non-hydrogen) atoms. The Bertz CT molecular complexity index is 633. The molecule has 0 saturated heterocycles. The summed E-state index contributed by atoms with van der Waals surface area (Å²) < 4.78 is 15.8. The van der Waals surface area contributed by atoms with Crippen LogP contribution in [-0.4, -0.2) is 15.4 Å². The second-order valence-corrected chi connectivity index (χ2v) is 6.91. The lowest BCUT2D eigenvalue weighted by atomic mass is 9.92. The Balaban J connectivity index is 2.11. The van der Waals surface area contributed by atoms with Crippen LogP contribution in [0.3, 0.4) is 0 Å². The molecular weight excluding hydrogens is 275 g/mol. The summed E-state index contributed by atoms with van der Waals surface area (Å²) in [6.07, 6.45) is 4.18. The fourth-order valence-electron chi connectivity index (χ4n) is 3.40. The highest BCUT2D eigenvalue weighted by atomic mass is 35.5. The molecule has 1 atom stereocenters. The van der Waals surface area contributed by atoms with Crippen molar-refractivity contribution in [3.63, 3.8) is 0 Å². The van der Waals surface area contributed by atoms with Gasteiger partial charge in [-0.2, -0.15) is 0 Å². The summed E-state index contributed by atoms with van der Waals surface area (Å²) in [6.45, 7) is 4.60. The number of halogens is 2. The van der Waals surface area contributed by atoms with E-state index in [0.717, 1.165) is 36.1 Å². The number of imidazole rings is 1. The molecule has 2 nitrogen and oxygen atoms in total. The molecule has 1 aliphatic carbocycles. The van der Waals surface area contributed by atoms with Crippen molar-refractivity contribution in [1.82, 2.24) is 9.55 Å². The largest absolute Gasteiger partial charge is 0.325 e. The molecule has 3 rings (SSSR count). The summed E-state index contributed by atoms with van der Waals surface area (Å²) >= 11 is 5.90. The summed E-state index contributed by atoms with van der Waals surface area (Å²) in [7, 11) is 0. The maximum Gasteiger partial charge on any atom is 0.125 e. The first-order valence-corrected chi connectivity index (χ1v) is 7.76. The Morgan fingerprint density at radius 3 is 2.90 bits per heavy atom. The van der Waals surface area contributed by atoms with Crippen molar-refractivity contribution in [2.75, 3.05) is 5.88 Å². The number of nitrogens with zero attached hydrogens (tertiary/aromatic N) is 2. The third kappa shape index (κ3) is 2.44. The van der Waals surface area contributed by atoms with Crippen molar-refractivity contribution in [3.8, 4) is 0 Å². The van der Waals surface area contributed by atoms with E-state index in [-0.39, 0.29) is 5.82 Å². The van der Waals surface area contributed by atoms with Crippen LogP contribution >= 0.6 is 11.6 Å². The van der Waals surface area contributed by atoms with Gasteiger partial charge in [-0.25, -0.2) is 9.37 Å². The molecule has 1 aromatic carbocycles. The van der Waals surface area contributed by atoms with E-state index in [1.165, 1.54) is 12.5 Å². The van der Waals surface area contributed by atoms with Crippen LogP contribution in [0.5, 0.6) is 0 Å². The Labute approximate surface area is 123 Å². The highest BCUT2D eigenvalue weighted by molar-refractivity contribution is 6.17. The van der Waals surface area contributed by atoms with Gasteiger partial charge < -0.3 is 4.57 Å². The predicted octanol–water partition coefficient (Wildman–Crippen LogP) is 4.71. The summed E-state index contributed by atoms with van der Waals surface area (Å²) in [4.78, 5) is 4.65. The van der Waals surface area contributed by atoms with Crippen molar-refractivity contribution < 1.29 is 4.39 Å². The van der Waals surface area contributed by atoms with Gasteiger partial charge in [0.25, 0.3) is 0 Å². The van der Waals surface area contributed by atoms with E-state index in [2.05, 4.69) is 23.4 Å². The topological polar surface area (TPSA) is 17.8 Å². The number of aromatic nitrogens is 2. The lowest BCUT2D eigenvalue weighted by Gasteiger charge is -2.20. The van der Waals surface area contributed by atoms with E-state index in [9.17, 15) is 4.39 Å². The monoisotopic (exact) mass is 294 g/mol. The van der Waals surface area contributed by atoms with E-state index in [0.29, 0.717) is 17.3 Å². The van der Waals surface area contributed by atoms with E-state index in [1.54, 1.807) is 12.1 Å². The first-order valence-electron chi connectivity index (χ1n) is 7.22. The lowest BCUT2D eigenvalue weighted by Crippen LogP contribution is -2.12. The molecule has 2 aromatic rings. The van der Waals surface area contributed by atoms with Gasteiger partial charge in [-0.3, -0.25) is 0 Å². The normalized spacial score (nSPS) is 21.7. The van der Waals surface area contributed by atoms with Gasteiger partial charge in [0.05, 0.1) is 11.0 Å². The van der Waals surface area contributed by atoms with Gasteiger partial charge in [-0.15, -0.1) is 11.6 Å². The molecule has 1 unspecified atom stereocenters. The van der Waals surface area contributed by atoms with E-state index >= 15 is 0 Å². The number of hydrogen-bond acceptors (Lipinski definition) is 1. The molecule has 1 aromatic heterocycles. The number of fused-ring (bicyclic) bond motifs is 1. The second-order valence-electron chi connectivity index (χ2n) is 6.53. The predicted molar refractivity (Wildman–Crippen MR) is 80.8 cm³/mol. The maximum absolute atomic E-state index is 13.6. The summed E-state index contributed by atoms with van der Waals surface area (Å²) in [6, 6.07) is 5.25. The number of benzene rings is 1. The standard InChI is InChI=1S/C16H20ClFN2/c1-16(2)7-5-12(10-16)20-14-9-11(18)3-4-13(14)19-15(20)6-8-17/h3-4,9,12H,5-8,10H2,1-2H3. The van der Waals surface area contributed by atoms with Crippen molar-refractivity contribution in [1.29, 1.82) is 0 Å². The van der Waals surface area contributed by atoms with Crippen LogP contribution in [0.15, 0.2) is 18.2 Å². The number of hydrogen-bond donors (Lipinski definition) is 0. The smallest absolute Gasteiger partial charge is 0.125 e. The fraction of sp³-hybridized carbons (Fsp3) is 0.562. The zero-order valence-corrected chi connectivity index (χ0v) is 12.8. The molecule has 1 aliphatic rings. The molecule has 1 fully saturated rings. The minimum atomic E-state index is -0.201. The van der Waals surface area contributed by atoms with Crippen molar-refractivity contribution in [2.24, 2.45) is 5.41 Å². The third-order valence-corrected chi connectivity index (χ3v) is 4.54. The molecule has 0 N–H and O–H groups in total. The van der Waals surface area contributed by atoms with Gasteiger partial charge in [-0.05, 0) is 42.9 Å². The molecule has 0 bridgehead atoms. The Hall–Kier alpha value is -1.09. The van der Waals surface area contributed by atoms with Gasteiger partial charge in [-0.1, -0.05) is 13.8 Å². The van der Waals surface area contributed by atoms with Crippen LogP contribution in [0.4, 0.5) is 4.39 Å². The molecule has 0 amide bonds. The first-order chi connectivity index (χ1) is 9.50. The highest BCUT2D eigenvalue weighted by Crippen LogP contribution is 2.45. The average Bonchev–Trinajstić information content (AvgIpc) is 2.89. The Morgan fingerprint density at radius 2 is 2.25 bits per heavy atom. The van der Waals surface area contributed by atoms with E-state index < -0.39 is 0 Å². The average molecular weight is 295 g/mol. The molecule has 4 heteroatoms. The molecular formula is C16H20ClFN2. The molecule has 0 radical (unpaired) electrons. The van der Waals surface area contributed by atoms with E-state index in [1.807, 2.05) is 0 Å². The quantitative estimate of drug-likeness (QED) is 0.750. The molecule has 0 aliphatic heterocycles. The summed E-state index contributed by atoms with van der Waals surface area (Å²) in [5.74, 6) is 1.33. The maximum atomic E-state index is 13.6. The Morgan fingerprint density at radius 1 is 1.45 bits per heavy atom. The fourth-order valence-corrected chi connectivity index (χ4v) is 3.57. The summed E-state index contributed by atoms with van der Waals surface area (Å²) in [5, 5.41) is 0. The van der Waals surface area contributed by atoms with Crippen LogP contribution in [0, 0.1) is 11.2 Å². The minimum absolute atomic E-state index is 0.201. The van der Waals surface area contributed by atoms with Crippen molar-refractivity contribution >= 4 is 22.6 Å². The SMILES string of the molecule is CC1(C)CCC(n2c(CCCl)nc3ccc(F)cc32)C1. The van der Waals surface area contributed by atoms with Crippen LogP contribution < -0.4 is 0 Å². The zero-order valence-electron chi connectivity index (χ0n) is 12.0. The molecule has 1 heterocycles. The van der Waals surface area contributed by atoms with Crippen molar-refractivity contribution in [2.45, 2.75) is 45.6 Å². The van der Waals surface area contributed by atoms with Crippen LogP contribution in [-0.2, 0) is 6.42 Å². The van der Waals surface area contributed by atoms with Gasteiger partial charge >= 0.3 is 0 Å². The lowest BCUT2D eigenvalue weighted by molar-refractivity contribution is 0.358. The van der Waals surface area contributed by atoms with Crippen molar-refractivity contribution in [3.05, 3.63) is 29.8 Å². The second kappa shape index (κ2) is 5.03. The molecule has 0 spiro atoms. The van der Waals surface area contributed by atoms with Gasteiger partial charge in [0, 0.05) is 18.3 Å². The number of alkyl halides is 1. The highest BCUT2D eigenvalue weighted by Gasteiger charge is 2.33. The summed E-state index contributed by atoms with van der Waals surface area (Å²) in [5.41, 5.74) is 2.14. The first kappa shape index (κ1) is 13.9. The van der Waals surface area contributed by atoms with Crippen LogP contribution in [0.1, 0.15) is 45.0 Å². The third-order valence-electron chi connectivity index (χ3n) is 4.35. The van der Waals surface area contributed by atoms with Crippen LogP contribution in [0.25, 0.3) is 11.0 Å². The van der Waals surface area contributed by atoms with Gasteiger partial charge in [0.15, 0.2) is 0 Å². The van der Waals surface area contributed by atoms with E-state index in [4.69, 9.17) is 11.6 Å². The number of aryl methyl sites for hydroxylation is 1. The zero-order chi connectivity index (χ0) is 14.3. The number of rotatable bonds is 3. The van der Waals surface area contributed by atoms with Gasteiger partial charge in [0.2, 0.25) is 0 Å². The van der Waals surface area contributed by atoms with Gasteiger partial charge in [0.1, 0.15) is 11.6 Å². The minimum Gasteiger partial charge on any atom is -0.325 e. The Kier molecular flexibility index (Phi) is 3.49. The van der Waals surface area contributed by atoms with Crippen LogP contribution in [0.2, 0.25) is 0 Å².